The lowest BCUT2D eigenvalue weighted by atomic mass is 10.1. The van der Waals surface area contributed by atoms with Gasteiger partial charge in [0.15, 0.2) is 0 Å². The maximum absolute atomic E-state index is 10.9. The number of anilines is 1. The number of thiophene rings is 1. The molecular formula is C14H14BrNO2S. The van der Waals surface area contributed by atoms with Crippen LogP contribution in [-0.4, -0.2) is 11.1 Å². The van der Waals surface area contributed by atoms with Crippen LogP contribution < -0.4 is 5.32 Å². The highest BCUT2D eigenvalue weighted by molar-refractivity contribution is 9.10. The van der Waals surface area contributed by atoms with Crippen LogP contribution in [0.3, 0.4) is 0 Å². The molecule has 1 aromatic carbocycles. The van der Waals surface area contributed by atoms with Crippen molar-refractivity contribution in [1.29, 1.82) is 0 Å². The molecule has 2 N–H and O–H groups in total. The molecule has 0 aliphatic heterocycles. The molecule has 3 nitrogen and oxygen atoms in total. The second-order valence-corrected chi connectivity index (χ2v) is 6.14. The number of carboxylic acids is 1. The van der Waals surface area contributed by atoms with Crippen LogP contribution >= 0.6 is 27.3 Å². The number of carbonyl (C=O) groups is 1. The molecule has 0 spiro atoms. The van der Waals surface area contributed by atoms with Crippen LogP contribution in [0.15, 0.2) is 34.1 Å². The van der Waals surface area contributed by atoms with Crippen LogP contribution in [0.4, 0.5) is 5.69 Å². The molecule has 1 atom stereocenters. The summed E-state index contributed by atoms with van der Waals surface area (Å²) in [6.07, 6.45) is 0. The molecule has 0 radical (unpaired) electrons. The SMILES string of the molecule is Cc1cc(C(=O)O)ccc1NC(C)c1sccc1Br. The highest BCUT2D eigenvalue weighted by Crippen LogP contribution is 2.31. The van der Waals surface area contributed by atoms with Gasteiger partial charge in [0.2, 0.25) is 0 Å². The minimum absolute atomic E-state index is 0.170. The fraction of sp³-hybridized carbons (Fsp3) is 0.214. The lowest BCUT2D eigenvalue weighted by Gasteiger charge is -2.16. The normalized spacial score (nSPS) is 12.2. The predicted octanol–water partition coefficient (Wildman–Crippen LogP) is 4.69. The average molecular weight is 340 g/mol. The Morgan fingerprint density at radius 3 is 2.68 bits per heavy atom. The van der Waals surface area contributed by atoms with Crippen molar-refractivity contribution in [3.05, 3.63) is 50.1 Å². The van der Waals surface area contributed by atoms with Gasteiger partial charge in [-0.2, -0.15) is 0 Å². The first kappa shape index (κ1) is 14.1. The number of hydrogen-bond donors (Lipinski definition) is 2. The first-order valence-corrected chi connectivity index (χ1v) is 7.49. The molecule has 0 fully saturated rings. The minimum atomic E-state index is -0.899. The summed E-state index contributed by atoms with van der Waals surface area (Å²) in [6.45, 7) is 3.99. The van der Waals surface area contributed by atoms with Gasteiger partial charge in [-0.25, -0.2) is 4.79 Å². The number of rotatable bonds is 4. The van der Waals surface area contributed by atoms with E-state index in [0.29, 0.717) is 5.56 Å². The summed E-state index contributed by atoms with van der Waals surface area (Å²) < 4.78 is 1.09. The molecule has 0 amide bonds. The van der Waals surface area contributed by atoms with Crippen molar-refractivity contribution in [2.24, 2.45) is 0 Å². The van der Waals surface area contributed by atoms with E-state index in [1.165, 1.54) is 4.88 Å². The molecule has 1 heterocycles. The van der Waals surface area contributed by atoms with Crippen molar-refractivity contribution in [3.63, 3.8) is 0 Å². The number of nitrogens with one attached hydrogen (secondary N) is 1. The third-order valence-corrected chi connectivity index (χ3v) is 4.94. The van der Waals surface area contributed by atoms with Crippen LogP contribution in [0.2, 0.25) is 0 Å². The van der Waals surface area contributed by atoms with Crippen molar-refractivity contribution in [3.8, 4) is 0 Å². The fourth-order valence-corrected chi connectivity index (χ4v) is 3.60. The Kier molecular flexibility index (Phi) is 4.27. The topological polar surface area (TPSA) is 49.3 Å². The van der Waals surface area contributed by atoms with E-state index < -0.39 is 5.97 Å². The quantitative estimate of drug-likeness (QED) is 0.849. The van der Waals surface area contributed by atoms with Gasteiger partial charge in [-0.3, -0.25) is 0 Å². The lowest BCUT2D eigenvalue weighted by Crippen LogP contribution is -2.07. The number of hydrogen-bond acceptors (Lipinski definition) is 3. The molecular weight excluding hydrogens is 326 g/mol. The second kappa shape index (κ2) is 5.75. The highest BCUT2D eigenvalue weighted by atomic mass is 79.9. The van der Waals surface area contributed by atoms with Crippen molar-refractivity contribution in [2.45, 2.75) is 19.9 Å². The maximum atomic E-state index is 10.9. The molecule has 2 rings (SSSR count). The highest BCUT2D eigenvalue weighted by Gasteiger charge is 2.12. The summed E-state index contributed by atoms with van der Waals surface area (Å²) in [5.74, 6) is -0.899. The molecule has 2 aromatic rings. The summed E-state index contributed by atoms with van der Waals surface area (Å²) in [7, 11) is 0. The Labute approximate surface area is 124 Å². The average Bonchev–Trinajstić information content (AvgIpc) is 2.77. The number of benzene rings is 1. The monoisotopic (exact) mass is 339 g/mol. The molecule has 100 valence electrons. The molecule has 0 aliphatic carbocycles. The Morgan fingerprint density at radius 2 is 2.16 bits per heavy atom. The van der Waals surface area contributed by atoms with Gasteiger partial charge in [0, 0.05) is 15.0 Å². The summed E-state index contributed by atoms with van der Waals surface area (Å²) in [5, 5.41) is 14.4. The minimum Gasteiger partial charge on any atom is -0.478 e. The zero-order valence-electron chi connectivity index (χ0n) is 10.6. The summed E-state index contributed by atoms with van der Waals surface area (Å²) >= 11 is 5.21. The van der Waals surface area contributed by atoms with Gasteiger partial charge in [0.1, 0.15) is 0 Å². The van der Waals surface area contributed by atoms with Crippen LogP contribution in [0, 0.1) is 6.92 Å². The zero-order valence-corrected chi connectivity index (χ0v) is 13.0. The van der Waals surface area contributed by atoms with Gasteiger partial charge in [0.05, 0.1) is 11.6 Å². The van der Waals surface area contributed by atoms with E-state index in [-0.39, 0.29) is 6.04 Å². The van der Waals surface area contributed by atoms with Crippen molar-refractivity contribution >= 4 is 38.9 Å². The van der Waals surface area contributed by atoms with Crippen LogP contribution in [0.1, 0.15) is 33.8 Å². The molecule has 1 unspecified atom stereocenters. The molecule has 19 heavy (non-hydrogen) atoms. The standard InChI is InChI=1S/C14H14BrNO2S/c1-8-7-10(14(17)18)3-4-12(8)16-9(2)13-11(15)5-6-19-13/h3-7,9,16H,1-2H3,(H,17,18). The van der Waals surface area contributed by atoms with Crippen LogP contribution in [0.25, 0.3) is 0 Å². The van der Waals surface area contributed by atoms with E-state index in [0.717, 1.165) is 15.7 Å². The molecule has 1 aromatic heterocycles. The van der Waals surface area contributed by atoms with Crippen molar-refractivity contribution in [1.82, 2.24) is 0 Å². The number of carboxylic acid groups (broad SMARTS) is 1. The Hall–Kier alpha value is -1.33. The fourth-order valence-electron chi connectivity index (χ4n) is 1.87. The first-order valence-electron chi connectivity index (χ1n) is 5.82. The van der Waals surface area contributed by atoms with E-state index in [1.54, 1.807) is 23.5 Å². The van der Waals surface area contributed by atoms with Crippen LogP contribution in [-0.2, 0) is 0 Å². The van der Waals surface area contributed by atoms with Gasteiger partial charge in [-0.05, 0) is 65.0 Å². The van der Waals surface area contributed by atoms with Gasteiger partial charge >= 0.3 is 5.97 Å². The van der Waals surface area contributed by atoms with Gasteiger partial charge < -0.3 is 10.4 Å². The third-order valence-electron chi connectivity index (χ3n) is 2.88. The Bertz CT molecular complexity index is 609. The lowest BCUT2D eigenvalue weighted by molar-refractivity contribution is 0.0697. The third kappa shape index (κ3) is 3.16. The van der Waals surface area contributed by atoms with E-state index in [1.807, 2.05) is 24.4 Å². The van der Waals surface area contributed by atoms with Crippen molar-refractivity contribution in [2.75, 3.05) is 5.32 Å². The van der Waals surface area contributed by atoms with Gasteiger partial charge in [0.25, 0.3) is 0 Å². The molecule has 0 aliphatic rings. The Balaban J connectivity index is 2.20. The van der Waals surface area contributed by atoms with E-state index in [9.17, 15) is 4.79 Å². The van der Waals surface area contributed by atoms with E-state index >= 15 is 0 Å². The summed E-state index contributed by atoms with van der Waals surface area (Å²) in [4.78, 5) is 12.1. The predicted molar refractivity (Wildman–Crippen MR) is 82.2 cm³/mol. The maximum Gasteiger partial charge on any atom is 0.335 e. The molecule has 5 heteroatoms. The first-order chi connectivity index (χ1) is 8.99. The molecule has 0 saturated heterocycles. The zero-order chi connectivity index (χ0) is 14.0. The Morgan fingerprint density at radius 1 is 1.42 bits per heavy atom. The number of aromatic carboxylic acids is 1. The van der Waals surface area contributed by atoms with Crippen molar-refractivity contribution < 1.29 is 9.90 Å². The number of aryl methyl sites for hydroxylation is 1. The summed E-state index contributed by atoms with van der Waals surface area (Å²) in [6, 6.07) is 7.31. The smallest absolute Gasteiger partial charge is 0.335 e. The van der Waals surface area contributed by atoms with Gasteiger partial charge in [-0.1, -0.05) is 0 Å². The number of halogens is 1. The van der Waals surface area contributed by atoms with E-state index in [4.69, 9.17) is 5.11 Å². The van der Waals surface area contributed by atoms with Gasteiger partial charge in [-0.15, -0.1) is 11.3 Å². The largest absolute Gasteiger partial charge is 0.478 e. The second-order valence-electron chi connectivity index (χ2n) is 4.33. The summed E-state index contributed by atoms with van der Waals surface area (Å²) in [5.41, 5.74) is 2.20. The van der Waals surface area contributed by atoms with E-state index in [2.05, 4.69) is 28.2 Å². The van der Waals surface area contributed by atoms with Crippen LogP contribution in [0.5, 0.6) is 0 Å². The molecule has 0 bridgehead atoms. The molecule has 0 saturated carbocycles.